The number of esters is 1. The first kappa shape index (κ1) is 19.9. The van der Waals surface area contributed by atoms with Crippen molar-refractivity contribution in [2.45, 2.75) is 10.9 Å². The Morgan fingerprint density at radius 1 is 0.929 bits per heavy atom. The Bertz CT molecular complexity index is 914. The SMILES string of the molecule is COC(=O)C([Se]c1ccccc1)C(c1ccccc1)/[N+]([O-])=C/c1ccccc1. The number of nitrogens with zero attached hydrogens (tertiary/aromatic N) is 1. The number of rotatable bonds is 7. The molecule has 4 nitrogen and oxygen atoms in total. The van der Waals surface area contributed by atoms with Crippen molar-refractivity contribution < 1.29 is 14.3 Å². The summed E-state index contributed by atoms with van der Waals surface area (Å²) in [6.45, 7) is 0. The molecule has 28 heavy (non-hydrogen) atoms. The number of ether oxygens (including phenoxy) is 1. The van der Waals surface area contributed by atoms with E-state index in [1.54, 1.807) is 0 Å². The van der Waals surface area contributed by atoms with E-state index in [9.17, 15) is 10.0 Å². The monoisotopic (exact) mass is 439 g/mol. The van der Waals surface area contributed by atoms with Gasteiger partial charge in [0.1, 0.15) is 0 Å². The van der Waals surface area contributed by atoms with Gasteiger partial charge in [0.25, 0.3) is 0 Å². The molecule has 0 radical (unpaired) electrons. The Morgan fingerprint density at radius 2 is 1.46 bits per heavy atom. The molecule has 0 aliphatic carbocycles. The van der Waals surface area contributed by atoms with Crippen LogP contribution in [0.1, 0.15) is 17.2 Å². The molecule has 0 saturated heterocycles. The van der Waals surface area contributed by atoms with Gasteiger partial charge in [0.2, 0.25) is 0 Å². The minimum atomic E-state index is -0.672. The van der Waals surface area contributed by atoms with E-state index in [1.165, 1.54) is 13.3 Å². The molecule has 0 saturated carbocycles. The maximum absolute atomic E-state index is 13.2. The van der Waals surface area contributed by atoms with Crippen LogP contribution in [-0.2, 0) is 9.53 Å². The zero-order valence-corrected chi connectivity index (χ0v) is 17.2. The van der Waals surface area contributed by atoms with Gasteiger partial charge in [-0.1, -0.05) is 0 Å². The van der Waals surface area contributed by atoms with Gasteiger partial charge in [0.15, 0.2) is 0 Å². The van der Waals surface area contributed by atoms with Gasteiger partial charge in [-0.15, -0.1) is 0 Å². The van der Waals surface area contributed by atoms with E-state index in [1.807, 2.05) is 91.0 Å². The summed E-state index contributed by atoms with van der Waals surface area (Å²) in [6.07, 6.45) is 1.54. The second-order valence-corrected chi connectivity index (χ2v) is 8.68. The van der Waals surface area contributed by atoms with Crippen LogP contribution in [0.25, 0.3) is 0 Å². The average Bonchev–Trinajstić information content (AvgIpc) is 2.75. The molecule has 3 aromatic carbocycles. The number of methoxy groups -OCH3 is 1. The zero-order valence-electron chi connectivity index (χ0n) is 15.5. The Morgan fingerprint density at radius 3 is 2.04 bits per heavy atom. The molecular formula is C23H21NO3Se. The van der Waals surface area contributed by atoms with Crippen molar-refractivity contribution in [3.05, 3.63) is 107 Å². The summed E-state index contributed by atoms with van der Waals surface area (Å²) in [4.78, 5) is 12.1. The quantitative estimate of drug-likeness (QED) is 0.142. The molecule has 2 unspecified atom stereocenters. The fraction of sp³-hybridized carbons (Fsp3) is 0.130. The first-order valence-corrected chi connectivity index (χ1v) is 10.7. The van der Waals surface area contributed by atoms with E-state index in [-0.39, 0.29) is 20.9 Å². The fourth-order valence-corrected chi connectivity index (χ4v) is 5.41. The van der Waals surface area contributed by atoms with Gasteiger partial charge in [0, 0.05) is 0 Å². The predicted molar refractivity (Wildman–Crippen MR) is 112 cm³/mol. The molecule has 2 atom stereocenters. The van der Waals surface area contributed by atoms with Gasteiger partial charge < -0.3 is 0 Å². The molecule has 0 spiro atoms. The van der Waals surface area contributed by atoms with E-state index >= 15 is 0 Å². The molecule has 3 rings (SSSR count). The zero-order chi connectivity index (χ0) is 19.8. The average molecular weight is 438 g/mol. The summed E-state index contributed by atoms with van der Waals surface area (Å²) < 4.78 is 7.01. The Hall–Kier alpha value is -2.88. The third kappa shape index (κ3) is 5.09. The van der Waals surface area contributed by atoms with Crippen molar-refractivity contribution >= 4 is 31.6 Å². The van der Waals surface area contributed by atoms with Gasteiger partial charge in [-0.05, 0) is 0 Å². The van der Waals surface area contributed by atoms with Gasteiger partial charge in [-0.3, -0.25) is 0 Å². The van der Waals surface area contributed by atoms with Crippen molar-refractivity contribution in [3.63, 3.8) is 0 Å². The van der Waals surface area contributed by atoms with E-state index < -0.39 is 10.9 Å². The molecule has 0 aliphatic heterocycles. The van der Waals surface area contributed by atoms with E-state index in [0.717, 1.165) is 20.3 Å². The maximum atomic E-state index is 13.2. The first-order chi connectivity index (χ1) is 13.7. The van der Waals surface area contributed by atoms with Crippen LogP contribution in [0.5, 0.6) is 0 Å². The summed E-state index contributed by atoms with van der Waals surface area (Å²) in [5.41, 5.74) is 1.58. The molecule has 0 aliphatic rings. The Kier molecular flexibility index (Phi) is 7.01. The van der Waals surface area contributed by atoms with Crippen LogP contribution in [0.4, 0.5) is 0 Å². The summed E-state index contributed by atoms with van der Waals surface area (Å²) in [5.74, 6) is -0.375. The number of carbonyl (C=O) groups is 1. The summed E-state index contributed by atoms with van der Waals surface area (Å²) in [6, 6.07) is 27.9. The van der Waals surface area contributed by atoms with E-state index in [2.05, 4.69) is 0 Å². The first-order valence-electron chi connectivity index (χ1n) is 8.89. The van der Waals surface area contributed by atoms with Crippen molar-refractivity contribution in [1.82, 2.24) is 0 Å². The topological polar surface area (TPSA) is 52.4 Å². The standard InChI is InChI=1S/C23H21NO3Se/c1-27-23(25)22(28-20-15-9-4-10-16-20)21(19-13-7-3-8-14-19)24(26)17-18-11-5-2-6-12-18/h2-17,21-22H,1H3/b24-17-. The second-order valence-electron chi connectivity index (χ2n) is 6.13. The molecule has 0 N–H and O–H groups in total. The van der Waals surface area contributed by atoms with Gasteiger partial charge >= 0.3 is 171 Å². The van der Waals surface area contributed by atoms with Crippen molar-refractivity contribution in [3.8, 4) is 0 Å². The van der Waals surface area contributed by atoms with Crippen LogP contribution in [0.3, 0.4) is 0 Å². The normalized spacial score (nSPS) is 13.5. The number of hydroxylamine groups is 1. The summed E-state index contributed by atoms with van der Waals surface area (Å²) in [7, 11) is 1.37. The molecule has 142 valence electrons. The molecule has 0 heterocycles. The number of carbonyl (C=O) groups excluding carboxylic acids is 1. The van der Waals surface area contributed by atoms with Crippen LogP contribution in [0.2, 0.25) is 4.82 Å². The number of hydrogen-bond acceptors (Lipinski definition) is 3. The minimum absolute atomic E-state index is 0.276. The van der Waals surface area contributed by atoms with Crippen LogP contribution >= 0.6 is 0 Å². The molecule has 0 aromatic heterocycles. The molecular weight excluding hydrogens is 417 g/mol. The van der Waals surface area contributed by atoms with Crippen LogP contribution in [0, 0.1) is 5.21 Å². The van der Waals surface area contributed by atoms with Crippen molar-refractivity contribution in [2.24, 2.45) is 0 Å². The van der Waals surface area contributed by atoms with E-state index in [4.69, 9.17) is 4.74 Å². The van der Waals surface area contributed by atoms with Gasteiger partial charge in [-0.25, -0.2) is 0 Å². The third-order valence-corrected chi connectivity index (χ3v) is 6.84. The third-order valence-electron chi connectivity index (χ3n) is 4.22. The summed E-state index contributed by atoms with van der Waals surface area (Å²) >= 11 is -0.276. The molecule has 0 bridgehead atoms. The molecule has 0 amide bonds. The Balaban J connectivity index is 2.04. The molecule has 0 fully saturated rings. The van der Waals surface area contributed by atoms with Crippen LogP contribution in [-0.4, -0.2) is 39.0 Å². The molecule has 5 heteroatoms. The predicted octanol–water partition coefficient (Wildman–Crippen LogP) is 3.35. The molecule has 3 aromatic rings. The summed E-state index contributed by atoms with van der Waals surface area (Å²) in [5, 5.41) is 13.2. The van der Waals surface area contributed by atoms with Gasteiger partial charge in [0.05, 0.1) is 0 Å². The number of hydrogen-bond donors (Lipinski definition) is 0. The van der Waals surface area contributed by atoms with Gasteiger partial charge in [-0.2, -0.15) is 0 Å². The van der Waals surface area contributed by atoms with Crippen LogP contribution in [0.15, 0.2) is 91.0 Å². The van der Waals surface area contributed by atoms with Crippen molar-refractivity contribution in [1.29, 1.82) is 0 Å². The number of benzene rings is 3. The van der Waals surface area contributed by atoms with E-state index in [0.29, 0.717) is 0 Å². The fourth-order valence-electron chi connectivity index (χ4n) is 2.87. The van der Waals surface area contributed by atoms with Crippen LogP contribution < -0.4 is 4.46 Å². The second kappa shape index (κ2) is 9.88. The van der Waals surface area contributed by atoms with Crippen molar-refractivity contribution in [2.75, 3.05) is 7.11 Å². The Labute approximate surface area is 171 Å².